The lowest BCUT2D eigenvalue weighted by molar-refractivity contribution is -0.113. The molecule has 0 bridgehead atoms. The second kappa shape index (κ2) is 8.49. The Balaban J connectivity index is 1.55. The van der Waals surface area contributed by atoms with Gasteiger partial charge in [0, 0.05) is 16.0 Å². The van der Waals surface area contributed by atoms with E-state index in [2.05, 4.69) is 32.8 Å². The third kappa shape index (κ3) is 4.15. The third-order valence-electron chi connectivity index (χ3n) is 3.97. The van der Waals surface area contributed by atoms with Crippen molar-refractivity contribution in [3.8, 4) is 11.1 Å². The molecule has 4 aromatic rings. The average molecular weight is 446 g/mol. The maximum Gasteiger partial charge on any atom is 0.234 e. The van der Waals surface area contributed by atoms with Crippen LogP contribution in [0.25, 0.3) is 21.3 Å². The number of nitrogens with zero attached hydrogens (tertiary/aromatic N) is 2. The number of hydrogen-bond donors (Lipinski definition) is 1. The van der Waals surface area contributed by atoms with Gasteiger partial charge in [0.15, 0.2) is 0 Å². The number of thiophene rings is 1. The summed E-state index contributed by atoms with van der Waals surface area (Å²) in [6.07, 6.45) is 1.53. The molecule has 0 aliphatic heterocycles. The van der Waals surface area contributed by atoms with E-state index >= 15 is 0 Å². The number of hydrogen-bond acceptors (Lipinski definition) is 5. The lowest BCUT2D eigenvalue weighted by atomic mass is 10.1. The Morgan fingerprint density at radius 2 is 1.93 bits per heavy atom. The summed E-state index contributed by atoms with van der Waals surface area (Å²) in [5.74, 6) is 0.0345. The monoisotopic (exact) mass is 445 g/mol. The molecule has 0 fully saturated rings. The van der Waals surface area contributed by atoms with Gasteiger partial charge in [-0.1, -0.05) is 65.3 Å². The fraction of sp³-hybridized carbons (Fsp3) is 0.0500. The van der Waals surface area contributed by atoms with Gasteiger partial charge in [0.25, 0.3) is 0 Å². The fourth-order valence-electron chi connectivity index (χ4n) is 2.70. The van der Waals surface area contributed by atoms with Crippen LogP contribution in [0.4, 0.5) is 5.69 Å². The van der Waals surface area contributed by atoms with Gasteiger partial charge in [-0.2, -0.15) is 0 Å². The number of fused-ring (bicyclic) bond motifs is 1. The Hall–Kier alpha value is -2.12. The van der Waals surface area contributed by atoms with Crippen LogP contribution in [0.5, 0.6) is 0 Å². The van der Waals surface area contributed by atoms with Crippen molar-refractivity contribution in [3.63, 3.8) is 0 Å². The summed E-state index contributed by atoms with van der Waals surface area (Å²) >= 11 is 15.0. The summed E-state index contributed by atoms with van der Waals surface area (Å²) in [6.45, 7) is 0. The van der Waals surface area contributed by atoms with Gasteiger partial charge < -0.3 is 5.32 Å². The molecule has 0 saturated heterocycles. The molecule has 0 spiro atoms. The summed E-state index contributed by atoms with van der Waals surface area (Å²) < 4.78 is 0. The Labute approximate surface area is 179 Å². The lowest BCUT2D eigenvalue weighted by Crippen LogP contribution is -2.14. The van der Waals surface area contributed by atoms with Crippen molar-refractivity contribution in [3.05, 3.63) is 70.3 Å². The van der Waals surface area contributed by atoms with Gasteiger partial charge in [0.05, 0.1) is 21.8 Å². The van der Waals surface area contributed by atoms with Crippen LogP contribution in [0.2, 0.25) is 10.0 Å². The van der Waals surface area contributed by atoms with Crippen LogP contribution in [0.1, 0.15) is 0 Å². The number of carbonyl (C=O) groups is 1. The molecule has 28 heavy (non-hydrogen) atoms. The fourth-order valence-corrected chi connectivity index (χ4v) is 4.95. The van der Waals surface area contributed by atoms with Crippen LogP contribution < -0.4 is 5.32 Å². The van der Waals surface area contributed by atoms with E-state index in [0.29, 0.717) is 15.7 Å². The van der Waals surface area contributed by atoms with Crippen molar-refractivity contribution in [1.82, 2.24) is 9.97 Å². The predicted molar refractivity (Wildman–Crippen MR) is 119 cm³/mol. The SMILES string of the molecule is O=C(CSc1ncnc2scc(-c3ccccc3)c12)Nc1ccc(Cl)cc1Cl. The minimum absolute atomic E-state index is 0.169. The summed E-state index contributed by atoms with van der Waals surface area (Å²) in [5, 5.41) is 7.56. The van der Waals surface area contributed by atoms with Crippen LogP contribution in [-0.2, 0) is 4.79 Å². The van der Waals surface area contributed by atoms with Crippen molar-refractivity contribution in [2.75, 3.05) is 11.1 Å². The van der Waals surface area contributed by atoms with Gasteiger partial charge in [-0.25, -0.2) is 9.97 Å². The first-order valence-electron chi connectivity index (χ1n) is 8.27. The van der Waals surface area contributed by atoms with E-state index in [4.69, 9.17) is 23.2 Å². The van der Waals surface area contributed by atoms with Gasteiger partial charge in [-0.05, 0) is 23.8 Å². The van der Waals surface area contributed by atoms with Crippen molar-refractivity contribution >= 4 is 68.1 Å². The first kappa shape index (κ1) is 19.2. The van der Waals surface area contributed by atoms with Gasteiger partial charge in [-0.15, -0.1) is 11.3 Å². The zero-order valence-electron chi connectivity index (χ0n) is 14.4. The highest BCUT2D eigenvalue weighted by Crippen LogP contribution is 2.37. The van der Waals surface area contributed by atoms with E-state index in [0.717, 1.165) is 26.4 Å². The van der Waals surface area contributed by atoms with E-state index in [1.54, 1.807) is 29.5 Å². The molecular formula is C20H13Cl2N3OS2. The zero-order valence-corrected chi connectivity index (χ0v) is 17.5. The summed E-state index contributed by atoms with van der Waals surface area (Å²) in [6, 6.07) is 15.0. The third-order valence-corrected chi connectivity index (χ3v) is 6.39. The van der Waals surface area contributed by atoms with Crippen LogP contribution in [0, 0.1) is 0 Å². The van der Waals surface area contributed by atoms with Crippen molar-refractivity contribution in [1.29, 1.82) is 0 Å². The Bertz CT molecular complexity index is 1150. The molecule has 0 aliphatic rings. The molecule has 2 heterocycles. The Morgan fingerprint density at radius 1 is 1.11 bits per heavy atom. The van der Waals surface area contributed by atoms with Crippen LogP contribution >= 0.6 is 46.3 Å². The van der Waals surface area contributed by atoms with E-state index in [9.17, 15) is 4.79 Å². The number of halogens is 2. The number of benzene rings is 2. The number of nitrogens with one attached hydrogen (secondary N) is 1. The molecule has 4 rings (SSSR count). The molecule has 140 valence electrons. The van der Waals surface area contributed by atoms with E-state index in [1.165, 1.54) is 18.1 Å². The topological polar surface area (TPSA) is 54.9 Å². The number of rotatable bonds is 5. The first-order valence-corrected chi connectivity index (χ1v) is 10.9. The van der Waals surface area contributed by atoms with Gasteiger partial charge in [0.2, 0.25) is 5.91 Å². The molecule has 0 unspecified atom stereocenters. The summed E-state index contributed by atoms with van der Waals surface area (Å²) in [5.41, 5.74) is 2.71. The largest absolute Gasteiger partial charge is 0.324 e. The predicted octanol–water partition coefficient (Wildman–Crippen LogP) is 6.40. The second-order valence-electron chi connectivity index (χ2n) is 5.84. The van der Waals surface area contributed by atoms with Crippen LogP contribution in [0.3, 0.4) is 0 Å². The molecule has 4 nitrogen and oxygen atoms in total. The Kier molecular flexibility index (Phi) is 5.82. The molecule has 8 heteroatoms. The Morgan fingerprint density at radius 3 is 2.71 bits per heavy atom. The number of amides is 1. The van der Waals surface area contributed by atoms with Crippen molar-refractivity contribution in [2.45, 2.75) is 5.03 Å². The standard InChI is InChI=1S/C20H13Cl2N3OS2/c21-13-6-7-16(15(22)8-13)25-17(26)10-28-20-18-14(12-4-2-1-3-5-12)9-27-19(18)23-11-24-20/h1-9,11H,10H2,(H,25,26). The summed E-state index contributed by atoms with van der Waals surface area (Å²) in [7, 11) is 0. The molecule has 1 N–H and O–H groups in total. The quantitative estimate of drug-likeness (QED) is 0.285. The van der Waals surface area contributed by atoms with Gasteiger partial charge >= 0.3 is 0 Å². The number of thioether (sulfide) groups is 1. The van der Waals surface area contributed by atoms with Crippen molar-refractivity contribution in [2.24, 2.45) is 0 Å². The molecular weight excluding hydrogens is 433 g/mol. The molecule has 0 saturated carbocycles. The van der Waals surface area contributed by atoms with Crippen LogP contribution in [0.15, 0.2) is 65.3 Å². The minimum atomic E-state index is -0.169. The van der Waals surface area contributed by atoms with E-state index in [1.807, 2.05) is 18.2 Å². The number of carbonyl (C=O) groups excluding carboxylic acids is 1. The maximum atomic E-state index is 12.4. The highest BCUT2D eigenvalue weighted by Gasteiger charge is 2.15. The van der Waals surface area contributed by atoms with E-state index in [-0.39, 0.29) is 11.7 Å². The number of anilines is 1. The highest BCUT2D eigenvalue weighted by molar-refractivity contribution is 8.00. The van der Waals surface area contributed by atoms with Crippen LogP contribution in [-0.4, -0.2) is 21.6 Å². The minimum Gasteiger partial charge on any atom is -0.324 e. The van der Waals surface area contributed by atoms with Gasteiger partial charge in [0.1, 0.15) is 16.2 Å². The van der Waals surface area contributed by atoms with Gasteiger partial charge in [-0.3, -0.25) is 4.79 Å². The average Bonchev–Trinajstić information content (AvgIpc) is 3.14. The molecule has 2 aromatic carbocycles. The van der Waals surface area contributed by atoms with Crippen molar-refractivity contribution < 1.29 is 4.79 Å². The smallest absolute Gasteiger partial charge is 0.234 e. The first-order chi connectivity index (χ1) is 13.6. The lowest BCUT2D eigenvalue weighted by Gasteiger charge is -2.08. The molecule has 0 radical (unpaired) electrons. The highest BCUT2D eigenvalue weighted by atomic mass is 35.5. The summed E-state index contributed by atoms with van der Waals surface area (Å²) in [4.78, 5) is 22.1. The number of aromatic nitrogens is 2. The second-order valence-corrected chi connectivity index (χ2v) is 8.50. The molecule has 0 aliphatic carbocycles. The normalized spacial score (nSPS) is 10.9. The zero-order chi connectivity index (χ0) is 19.5. The molecule has 1 amide bonds. The maximum absolute atomic E-state index is 12.4. The van der Waals surface area contributed by atoms with E-state index < -0.39 is 0 Å². The molecule has 0 atom stereocenters. The molecule has 2 aromatic heterocycles.